The van der Waals surface area contributed by atoms with Gasteiger partial charge in [0, 0.05) is 16.2 Å². The highest BCUT2D eigenvalue weighted by Gasteiger charge is 2.07. The zero-order valence-corrected chi connectivity index (χ0v) is 10.8. The van der Waals surface area contributed by atoms with Crippen LogP contribution >= 0.6 is 15.9 Å². The van der Waals surface area contributed by atoms with Gasteiger partial charge < -0.3 is 4.74 Å². The number of hydrogen-bond acceptors (Lipinski definition) is 3. The summed E-state index contributed by atoms with van der Waals surface area (Å²) in [5.74, 6) is -0.379. The number of carbonyl (C=O) groups excluding carboxylic acids is 1. The van der Waals surface area contributed by atoms with Crippen LogP contribution < -0.4 is 0 Å². The zero-order valence-electron chi connectivity index (χ0n) is 9.18. The molecule has 2 rings (SSSR count). The van der Waals surface area contributed by atoms with E-state index in [1.54, 1.807) is 12.1 Å². The quantitative estimate of drug-likeness (QED) is 0.797. The first-order chi connectivity index (χ1) is 8.22. The number of methoxy groups -OCH3 is 1. The van der Waals surface area contributed by atoms with E-state index in [1.807, 2.05) is 24.3 Å². The normalized spacial score (nSPS) is 10.0. The molecular weight excluding hydrogens is 282 g/mol. The Balaban J connectivity index is 2.36. The molecule has 3 nitrogen and oxygen atoms in total. The minimum Gasteiger partial charge on any atom is -0.465 e. The fraction of sp³-hybridized carbons (Fsp3) is 0.0769. The summed E-state index contributed by atoms with van der Waals surface area (Å²) in [6.07, 6.45) is 1.51. The van der Waals surface area contributed by atoms with Gasteiger partial charge in [0.15, 0.2) is 0 Å². The highest BCUT2D eigenvalue weighted by molar-refractivity contribution is 9.10. The van der Waals surface area contributed by atoms with Crippen LogP contribution in [0, 0.1) is 0 Å². The molecule has 0 N–H and O–H groups in total. The van der Waals surface area contributed by atoms with Crippen LogP contribution in [0.2, 0.25) is 0 Å². The largest absolute Gasteiger partial charge is 0.465 e. The van der Waals surface area contributed by atoms with Crippen LogP contribution in [-0.2, 0) is 4.74 Å². The van der Waals surface area contributed by atoms with E-state index in [9.17, 15) is 4.79 Å². The maximum absolute atomic E-state index is 11.3. The van der Waals surface area contributed by atoms with E-state index in [0.29, 0.717) is 5.56 Å². The van der Waals surface area contributed by atoms with E-state index in [0.717, 1.165) is 15.7 Å². The number of halogens is 1. The Hall–Kier alpha value is -1.68. The molecule has 4 heteroatoms. The van der Waals surface area contributed by atoms with E-state index >= 15 is 0 Å². The average molecular weight is 292 g/mol. The topological polar surface area (TPSA) is 39.2 Å². The molecule has 2 aromatic rings. The summed E-state index contributed by atoms with van der Waals surface area (Å²) in [6, 6.07) is 11.3. The van der Waals surface area contributed by atoms with Gasteiger partial charge in [0.25, 0.3) is 0 Å². The molecule has 17 heavy (non-hydrogen) atoms. The van der Waals surface area contributed by atoms with E-state index in [4.69, 9.17) is 0 Å². The standard InChI is InChI=1S/C13H10BrNO2/c1-17-13(16)9-6-7-12(15-8-9)10-4-2-3-5-11(10)14/h2-8H,1H3. The predicted molar refractivity (Wildman–Crippen MR) is 68.7 cm³/mol. The Labute approximate surface area is 108 Å². The Kier molecular flexibility index (Phi) is 3.54. The highest BCUT2D eigenvalue weighted by atomic mass is 79.9. The Morgan fingerprint density at radius 2 is 2.00 bits per heavy atom. The molecule has 0 aliphatic rings. The minimum atomic E-state index is -0.379. The minimum absolute atomic E-state index is 0.379. The van der Waals surface area contributed by atoms with Crippen LogP contribution in [0.3, 0.4) is 0 Å². The second-order valence-electron chi connectivity index (χ2n) is 3.40. The van der Waals surface area contributed by atoms with Gasteiger partial charge in [-0.3, -0.25) is 4.98 Å². The summed E-state index contributed by atoms with van der Waals surface area (Å²) in [4.78, 5) is 15.5. The summed E-state index contributed by atoms with van der Waals surface area (Å²) in [7, 11) is 1.35. The third-order valence-electron chi connectivity index (χ3n) is 2.33. The first-order valence-corrected chi connectivity index (χ1v) is 5.81. The van der Waals surface area contributed by atoms with Gasteiger partial charge in [0.1, 0.15) is 0 Å². The lowest BCUT2D eigenvalue weighted by Gasteiger charge is -2.04. The molecule has 1 heterocycles. The molecule has 1 aromatic carbocycles. The van der Waals surface area contributed by atoms with Gasteiger partial charge >= 0.3 is 5.97 Å². The van der Waals surface area contributed by atoms with E-state index < -0.39 is 0 Å². The summed E-state index contributed by atoms with van der Waals surface area (Å²) < 4.78 is 5.59. The van der Waals surface area contributed by atoms with Gasteiger partial charge in [-0.05, 0) is 18.2 Å². The average Bonchev–Trinajstić information content (AvgIpc) is 2.39. The molecule has 0 saturated carbocycles. The number of nitrogens with zero attached hydrogens (tertiary/aromatic N) is 1. The van der Waals surface area contributed by atoms with E-state index in [2.05, 4.69) is 25.7 Å². The summed E-state index contributed by atoms with van der Waals surface area (Å²) in [5.41, 5.74) is 2.25. The highest BCUT2D eigenvalue weighted by Crippen LogP contribution is 2.26. The SMILES string of the molecule is COC(=O)c1ccc(-c2ccccc2Br)nc1. The molecule has 1 aromatic heterocycles. The van der Waals surface area contributed by atoms with Gasteiger partial charge in [0.05, 0.1) is 18.4 Å². The van der Waals surface area contributed by atoms with Crippen molar-refractivity contribution in [1.29, 1.82) is 0 Å². The fourth-order valence-electron chi connectivity index (χ4n) is 1.46. The molecule has 0 amide bonds. The molecule has 0 saturated heterocycles. The lowest BCUT2D eigenvalue weighted by Crippen LogP contribution is -2.01. The monoisotopic (exact) mass is 291 g/mol. The van der Waals surface area contributed by atoms with Crippen molar-refractivity contribution >= 4 is 21.9 Å². The summed E-state index contributed by atoms with van der Waals surface area (Å²) >= 11 is 3.46. The molecule has 0 fully saturated rings. The van der Waals surface area contributed by atoms with E-state index in [1.165, 1.54) is 13.3 Å². The van der Waals surface area contributed by atoms with E-state index in [-0.39, 0.29) is 5.97 Å². The van der Waals surface area contributed by atoms with Crippen molar-refractivity contribution in [2.75, 3.05) is 7.11 Å². The lowest BCUT2D eigenvalue weighted by molar-refractivity contribution is 0.0600. The van der Waals surface area contributed by atoms with Crippen LogP contribution in [0.5, 0.6) is 0 Å². The first kappa shape index (κ1) is 11.8. The van der Waals surface area contributed by atoms with Gasteiger partial charge in [-0.25, -0.2) is 4.79 Å². The summed E-state index contributed by atoms with van der Waals surface area (Å²) in [6.45, 7) is 0. The van der Waals surface area contributed by atoms with Crippen LogP contribution in [0.4, 0.5) is 0 Å². The maximum atomic E-state index is 11.3. The molecule has 0 unspecified atom stereocenters. The number of ether oxygens (including phenoxy) is 1. The van der Waals surface area contributed by atoms with Crippen LogP contribution in [0.15, 0.2) is 47.1 Å². The smallest absolute Gasteiger partial charge is 0.339 e. The predicted octanol–water partition coefficient (Wildman–Crippen LogP) is 3.30. The molecule has 0 radical (unpaired) electrons. The second-order valence-corrected chi connectivity index (χ2v) is 4.26. The molecular formula is C13H10BrNO2. The van der Waals surface area contributed by atoms with Crippen molar-refractivity contribution in [1.82, 2.24) is 4.98 Å². The van der Waals surface area contributed by atoms with Gasteiger partial charge in [0.2, 0.25) is 0 Å². The van der Waals surface area contributed by atoms with Gasteiger partial charge in [-0.1, -0.05) is 34.1 Å². The Morgan fingerprint density at radius 1 is 1.24 bits per heavy atom. The number of hydrogen-bond donors (Lipinski definition) is 0. The second kappa shape index (κ2) is 5.10. The first-order valence-electron chi connectivity index (χ1n) is 5.01. The van der Waals surface area contributed by atoms with Crippen LogP contribution in [0.1, 0.15) is 10.4 Å². The number of esters is 1. The van der Waals surface area contributed by atoms with Crippen LogP contribution in [-0.4, -0.2) is 18.1 Å². The number of benzene rings is 1. The Bertz CT molecular complexity index is 537. The lowest BCUT2D eigenvalue weighted by atomic mass is 10.1. The van der Waals surface area contributed by atoms with Crippen molar-refractivity contribution in [3.63, 3.8) is 0 Å². The van der Waals surface area contributed by atoms with Crippen LogP contribution in [0.25, 0.3) is 11.3 Å². The summed E-state index contributed by atoms with van der Waals surface area (Å²) in [5, 5.41) is 0. The van der Waals surface area contributed by atoms with Crippen molar-refractivity contribution < 1.29 is 9.53 Å². The molecule has 0 atom stereocenters. The number of aromatic nitrogens is 1. The number of pyridine rings is 1. The fourth-order valence-corrected chi connectivity index (χ4v) is 1.95. The van der Waals surface area contributed by atoms with Crippen molar-refractivity contribution in [2.45, 2.75) is 0 Å². The van der Waals surface area contributed by atoms with Gasteiger partial charge in [-0.15, -0.1) is 0 Å². The van der Waals surface area contributed by atoms with Crippen molar-refractivity contribution in [2.24, 2.45) is 0 Å². The third kappa shape index (κ3) is 2.53. The number of carbonyl (C=O) groups is 1. The molecule has 0 bridgehead atoms. The Morgan fingerprint density at radius 3 is 2.59 bits per heavy atom. The molecule has 0 spiro atoms. The van der Waals surface area contributed by atoms with Crippen molar-refractivity contribution in [3.8, 4) is 11.3 Å². The molecule has 0 aliphatic heterocycles. The zero-order chi connectivity index (χ0) is 12.3. The maximum Gasteiger partial charge on any atom is 0.339 e. The van der Waals surface area contributed by atoms with Crippen molar-refractivity contribution in [3.05, 3.63) is 52.6 Å². The molecule has 86 valence electrons. The van der Waals surface area contributed by atoms with Gasteiger partial charge in [-0.2, -0.15) is 0 Å². The third-order valence-corrected chi connectivity index (χ3v) is 3.03. The number of rotatable bonds is 2. The molecule has 0 aliphatic carbocycles.